The molecule has 0 fully saturated rings. The lowest BCUT2D eigenvalue weighted by Crippen LogP contribution is -2.12. The van der Waals surface area contributed by atoms with Gasteiger partial charge in [0.1, 0.15) is 11.3 Å². The number of benzene rings is 3. The van der Waals surface area contributed by atoms with Crippen molar-refractivity contribution >= 4 is 28.0 Å². The van der Waals surface area contributed by atoms with Gasteiger partial charge in [0.05, 0.1) is 21.8 Å². The zero-order valence-corrected chi connectivity index (χ0v) is 19.6. The van der Waals surface area contributed by atoms with Crippen molar-refractivity contribution in [3.8, 4) is 21.8 Å². The van der Waals surface area contributed by atoms with E-state index < -0.39 is 0 Å². The van der Waals surface area contributed by atoms with Crippen LogP contribution in [0.1, 0.15) is 29.7 Å². The number of hydrogen-bond acceptors (Lipinski definition) is 5. The van der Waals surface area contributed by atoms with Crippen molar-refractivity contribution in [1.29, 1.82) is 0 Å². The number of aromatic nitrogens is 1. The summed E-state index contributed by atoms with van der Waals surface area (Å²) in [5, 5.41) is 4.26. The van der Waals surface area contributed by atoms with Gasteiger partial charge in [-0.05, 0) is 38.5 Å². The smallest absolute Gasteiger partial charge is 0.196 e. The first-order valence-corrected chi connectivity index (χ1v) is 11.8. The lowest BCUT2D eigenvalue weighted by Gasteiger charge is -2.20. The summed E-state index contributed by atoms with van der Waals surface area (Å²) in [6.07, 6.45) is 1.88. The number of thiazole rings is 1. The minimum atomic E-state index is -0.0871. The molecule has 1 N–H and O–H groups in total. The predicted octanol–water partition coefficient (Wildman–Crippen LogP) is 7.37. The molecule has 164 valence electrons. The molecule has 0 radical (unpaired) electrons. The Balaban J connectivity index is 1.64. The maximum absolute atomic E-state index is 13.3. The third-order valence-electron chi connectivity index (χ3n) is 5.89. The fourth-order valence-electron chi connectivity index (χ4n) is 4.24. The molecule has 0 aliphatic heterocycles. The van der Waals surface area contributed by atoms with Crippen molar-refractivity contribution in [2.45, 2.75) is 26.8 Å². The quantitative estimate of drug-likeness (QED) is 0.302. The Morgan fingerprint density at radius 1 is 1.00 bits per heavy atom. The van der Waals surface area contributed by atoms with E-state index in [0.29, 0.717) is 22.3 Å². The van der Waals surface area contributed by atoms with Gasteiger partial charge in [-0.15, -0.1) is 11.3 Å². The molecule has 0 aliphatic rings. The molecular weight excluding hydrogens is 428 g/mol. The number of rotatable bonds is 5. The van der Waals surface area contributed by atoms with E-state index in [1.807, 2.05) is 74.1 Å². The van der Waals surface area contributed by atoms with E-state index in [4.69, 9.17) is 4.42 Å². The highest BCUT2D eigenvalue weighted by Crippen LogP contribution is 2.35. The molecule has 5 aromatic rings. The number of anilines is 1. The Bertz CT molecular complexity index is 1490. The number of hydrogen-bond donors (Lipinski definition) is 1. The Kier molecular flexibility index (Phi) is 5.56. The molecule has 3 aromatic carbocycles. The summed E-state index contributed by atoms with van der Waals surface area (Å²) in [4.78, 5) is 18.7. The summed E-state index contributed by atoms with van der Waals surface area (Å²) in [5.74, 6) is 0.621. The van der Waals surface area contributed by atoms with E-state index >= 15 is 0 Å². The second-order valence-electron chi connectivity index (χ2n) is 8.26. The zero-order valence-electron chi connectivity index (χ0n) is 18.8. The number of nitrogens with one attached hydrogen (secondary N) is 1. The molecular formula is C28H24N2O2S. The first-order chi connectivity index (χ1) is 16.0. The molecule has 0 saturated heterocycles. The van der Waals surface area contributed by atoms with Gasteiger partial charge in [-0.3, -0.25) is 9.78 Å². The highest BCUT2D eigenvalue weighted by Gasteiger charge is 2.19. The van der Waals surface area contributed by atoms with Crippen LogP contribution in [-0.2, 0) is 0 Å². The van der Waals surface area contributed by atoms with E-state index in [9.17, 15) is 4.79 Å². The molecule has 1 atom stereocenters. The van der Waals surface area contributed by atoms with Gasteiger partial charge < -0.3 is 9.73 Å². The Morgan fingerprint density at radius 3 is 2.52 bits per heavy atom. The number of para-hydroxylation sites is 1. The highest BCUT2D eigenvalue weighted by atomic mass is 32.1. The third-order valence-corrected chi connectivity index (χ3v) is 6.70. The molecule has 4 nitrogen and oxygen atoms in total. The van der Waals surface area contributed by atoms with Gasteiger partial charge in [0.25, 0.3) is 0 Å². The second-order valence-corrected chi connectivity index (χ2v) is 9.15. The molecule has 2 aromatic heterocycles. The van der Waals surface area contributed by atoms with Crippen molar-refractivity contribution in [3.63, 3.8) is 0 Å². The molecule has 2 heterocycles. The maximum atomic E-state index is 13.3. The van der Waals surface area contributed by atoms with Gasteiger partial charge in [-0.25, -0.2) is 0 Å². The van der Waals surface area contributed by atoms with Gasteiger partial charge in [-0.2, -0.15) is 0 Å². The lowest BCUT2D eigenvalue weighted by molar-refractivity contribution is 0.605. The molecule has 5 rings (SSSR count). The van der Waals surface area contributed by atoms with E-state index in [1.54, 1.807) is 11.3 Å². The number of nitrogens with zero attached hydrogens (tertiary/aromatic N) is 1. The van der Waals surface area contributed by atoms with Crippen molar-refractivity contribution in [2.24, 2.45) is 0 Å². The first-order valence-electron chi connectivity index (χ1n) is 10.9. The molecule has 0 aliphatic carbocycles. The number of aryl methyl sites for hydroxylation is 1. The Labute approximate surface area is 196 Å². The molecule has 0 amide bonds. The average molecular weight is 453 g/mol. The molecule has 5 heteroatoms. The van der Waals surface area contributed by atoms with Crippen molar-refractivity contribution in [1.82, 2.24) is 4.98 Å². The fourth-order valence-corrected chi connectivity index (χ4v) is 4.90. The van der Waals surface area contributed by atoms with Crippen LogP contribution in [0.5, 0.6) is 0 Å². The summed E-state index contributed by atoms with van der Waals surface area (Å²) in [5.41, 5.74) is 8.11. The van der Waals surface area contributed by atoms with Crippen molar-refractivity contribution in [2.75, 3.05) is 5.32 Å². The molecule has 1 unspecified atom stereocenters. The van der Waals surface area contributed by atoms with Crippen LogP contribution < -0.4 is 10.7 Å². The van der Waals surface area contributed by atoms with Crippen LogP contribution in [0.15, 0.2) is 87.6 Å². The van der Waals surface area contributed by atoms with Crippen LogP contribution in [0.4, 0.5) is 5.69 Å². The Morgan fingerprint density at radius 2 is 1.76 bits per heavy atom. The van der Waals surface area contributed by atoms with E-state index in [2.05, 4.69) is 35.4 Å². The van der Waals surface area contributed by atoms with Gasteiger partial charge >= 0.3 is 0 Å². The minimum absolute atomic E-state index is 0.0114. The molecule has 0 saturated carbocycles. The molecule has 33 heavy (non-hydrogen) atoms. The Hall–Kier alpha value is -3.70. The average Bonchev–Trinajstić information content (AvgIpc) is 3.37. The monoisotopic (exact) mass is 452 g/mol. The van der Waals surface area contributed by atoms with Crippen LogP contribution in [-0.4, -0.2) is 4.98 Å². The third kappa shape index (κ3) is 3.96. The van der Waals surface area contributed by atoms with Crippen LogP contribution in [0.25, 0.3) is 32.7 Å². The van der Waals surface area contributed by atoms with Crippen LogP contribution in [0.2, 0.25) is 0 Å². The zero-order chi connectivity index (χ0) is 22.9. The minimum Gasteiger partial charge on any atom is -0.455 e. The normalized spacial score (nSPS) is 12.1. The SMILES string of the molecule is Cc1cc(C(C)Nc2ccccc2-c2cncs2)c2oc(-c3ccccc3)c(C)c(=O)c2c1. The topological polar surface area (TPSA) is 55.1 Å². The van der Waals surface area contributed by atoms with Crippen molar-refractivity contribution < 1.29 is 4.42 Å². The summed E-state index contributed by atoms with van der Waals surface area (Å²) in [6.45, 7) is 5.95. The van der Waals surface area contributed by atoms with Crippen LogP contribution >= 0.6 is 11.3 Å². The standard InChI is InChI=1S/C28H24N2O2S/c1-17-13-22(19(3)30-24-12-8-7-11-21(24)25-15-29-16-33-25)28-23(14-17)26(31)18(2)27(32-28)20-9-5-4-6-10-20/h4-16,19,30H,1-3H3. The first kappa shape index (κ1) is 21.2. The summed E-state index contributed by atoms with van der Waals surface area (Å²) >= 11 is 1.61. The van der Waals surface area contributed by atoms with Gasteiger partial charge in [0, 0.05) is 34.1 Å². The van der Waals surface area contributed by atoms with Crippen LogP contribution in [0, 0.1) is 13.8 Å². The predicted molar refractivity (Wildman–Crippen MR) is 137 cm³/mol. The lowest BCUT2D eigenvalue weighted by atomic mass is 9.98. The summed E-state index contributed by atoms with van der Waals surface area (Å²) in [7, 11) is 0. The van der Waals surface area contributed by atoms with E-state index in [1.165, 1.54) is 0 Å². The second kappa shape index (κ2) is 8.68. The van der Waals surface area contributed by atoms with Gasteiger partial charge in [0.15, 0.2) is 5.43 Å². The summed E-state index contributed by atoms with van der Waals surface area (Å²) in [6, 6.07) is 21.9. The van der Waals surface area contributed by atoms with E-state index in [-0.39, 0.29) is 11.5 Å². The van der Waals surface area contributed by atoms with Gasteiger partial charge in [0.2, 0.25) is 0 Å². The molecule has 0 spiro atoms. The fraction of sp³-hybridized carbons (Fsp3) is 0.143. The van der Waals surface area contributed by atoms with Crippen molar-refractivity contribution in [3.05, 3.63) is 105 Å². The summed E-state index contributed by atoms with van der Waals surface area (Å²) < 4.78 is 6.46. The highest BCUT2D eigenvalue weighted by molar-refractivity contribution is 7.13. The van der Waals surface area contributed by atoms with Crippen LogP contribution in [0.3, 0.4) is 0 Å². The largest absolute Gasteiger partial charge is 0.455 e. The van der Waals surface area contributed by atoms with Gasteiger partial charge in [-0.1, -0.05) is 54.6 Å². The van der Waals surface area contributed by atoms with E-state index in [0.717, 1.165) is 32.8 Å². The maximum Gasteiger partial charge on any atom is 0.196 e. The molecule has 0 bridgehead atoms. The number of fused-ring (bicyclic) bond motifs is 1.